The Kier molecular flexibility index (Phi) is 6.98. The van der Waals surface area contributed by atoms with Crippen LogP contribution in [0.5, 0.6) is 0 Å². The number of ether oxygens (including phenoxy) is 1. The Morgan fingerprint density at radius 2 is 2.00 bits per heavy atom. The fourth-order valence-electron chi connectivity index (χ4n) is 3.18. The van der Waals surface area contributed by atoms with Gasteiger partial charge in [0.25, 0.3) is 0 Å². The van der Waals surface area contributed by atoms with E-state index in [0.717, 1.165) is 32.8 Å². The van der Waals surface area contributed by atoms with Crippen molar-refractivity contribution in [1.29, 1.82) is 0 Å². The van der Waals surface area contributed by atoms with Gasteiger partial charge in [-0.15, -0.1) is 0 Å². The number of aromatic nitrogens is 1. The Balaban J connectivity index is 1.58. The van der Waals surface area contributed by atoms with Gasteiger partial charge in [0.15, 0.2) is 5.82 Å². The van der Waals surface area contributed by atoms with Gasteiger partial charge in [-0.1, -0.05) is 36.3 Å². The first-order valence-corrected chi connectivity index (χ1v) is 9.50. The van der Waals surface area contributed by atoms with E-state index >= 15 is 0 Å². The molecule has 1 aliphatic rings. The number of morpholine rings is 1. The molecule has 27 heavy (non-hydrogen) atoms. The minimum Gasteiger partial charge on any atom is -0.379 e. The van der Waals surface area contributed by atoms with Crippen LogP contribution in [0.4, 0.5) is 5.82 Å². The van der Waals surface area contributed by atoms with Crippen molar-refractivity contribution < 1.29 is 14.1 Å². The second kappa shape index (κ2) is 9.64. The molecule has 0 saturated carbocycles. The number of nitrogens with one attached hydrogen (secondary N) is 2. The molecule has 2 aromatic rings. The van der Waals surface area contributed by atoms with Crippen LogP contribution in [-0.4, -0.2) is 48.3 Å². The highest BCUT2D eigenvalue weighted by atomic mass is 16.5. The SMILES string of the molecule is CCC(NCc1ccccc1CN1CCOCC1)C(=O)Nc1cc(C)on1. The number of hydrogen-bond donors (Lipinski definition) is 2. The standard InChI is InChI=1S/C20H28N4O3/c1-3-18(20(25)22-19-12-15(2)27-23-19)21-13-16-6-4-5-7-17(16)14-24-8-10-26-11-9-24/h4-7,12,18,21H,3,8-11,13-14H2,1-2H3,(H,22,23,25). The third kappa shape index (κ3) is 5.63. The number of anilines is 1. The number of nitrogens with zero attached hydrogens (tertiary/aromatic N) is 2. The van der Waals surface area contributed by atoms with Gasteiger partial charge in [-0.25, -0.2) is 0 Å². The molecule has 7 nitrogen and oxygen atoms in total. The molecule has 0 aliphatic carbocycles. The van der Waals surface area contributed by atoms with Crippen LogP contribution in [0, 0.1) is 6.92 Å². The highest BCUT2D eigenvalue weighted by molar-refractivity contribution is 5.93. The van der Waals surface area contributed by atoms with Gasteiger partial charge in [0.2, 0.25) is 5.91 Å². The molecular formula is C20H28N4O3. The van der Waals surface area contributed by atoms with Crippen molar-refractivity contribution >= 4 is 11.7 Å². The van der Waals surface area contributed by atoms with Gasteiger partial charge >= 0.3 is 0 Å². The highest BCUT2D eigenvalue weighted by Gasteiger charge is 2.18. The van der Waals surface area contributed by atoms with E-state index in [9.17, 15) is 4.79 Å². The van der Waals surface area contributed by atoms with Crippen molar-refractivity contribution in [3.63, 3.8) is 0 Å². The summed E-state index contributed by atoms with van der Waals surface area (Å²) in [5, 5.41) is 10.00. The zero-order valence-electron chi connectivity index (χ0n) is 16.0. The summed E-state index contributed by atoms with van der Waals surface area (Å²) in [6, 6.07) is 9.80. The van der Waals surface area contributed by atoms with E-state index in [1.807, 2.05) is 13.0 Å². The van der Waals surface area contributed by atoms with Crippen LogP contribution in [0.1, 0.15) is 30.2 Å². The van der Waals surface area contributed by atoms with E-state index in [1.54, 1.807) is 13.0 Å². The zero-order valence-corrected chi connectivity index (χ0v) is 16.0. The van der Waals surface area contributed by atoms with Crippen LogP contribution in [0.15, 0.2) is 34.9 Å². The number of rotatable bonds is 8. The summed E-state index contributed by atoms with van der Waals surface area (Å²) < 4.78 is 10.4. The zero-order chi connectivity index (χ0) is 19.1. The van der Waals surface area contributed by atoms with Crippen LogP contribution >= 0.6 is 0 Å². The largest absolute Gasteiger partial charge is 0.379 e. The Morgan fingerprint density at radius 3 is 2.67 bits per heavy atom. The molecule has 1 fully saturated rings. The van der Waals surface area contributed by atoms with Crippen molar-refractivity contribution in [2.24, 2.45) is 0 Å². The number of carbonyl (C=O) groups is 1. The molecule has 1 aromatic heterocycles. The molecule has 1 amide bonds. The first kappa shape index (κ1) is 19.5. The van der Waals surface area contributed by atoms with Gasteiger partial charge in [-0.2, -0.15) is 0 Å². The summed E-state index contributed by atoms with van der Waals surface area (Å²) in [6.45, 7) is 8.83. The Morgan fingerprint density at radius 1 is 1.26 bits per heavy atom. The molecule has 3 rings (SSSR count). The lowest BCUT2D eigenvalue weighted by Gasteiger charge is -2.27. The predicted octanol–water partition coefficient (Wildman–Crippen LogP) is 2.32. The van der Waals surface area contributed by atoms with E-state index in [4.69, 9.17) is 9.26 Å². The van der Waals surface area contributed by atoms with E-state index < -0.39 is 0 Å². The van der Waals surface area contributed by atoms with E-state index in [1.165, 1.54) is 11.1 Å². The van der Waals surface area contributed by atoms with Gasteiger partial charge in [0.1, 0.15) is 5.76 Å². The van der Waals surface area contributed by atoms with Gasteiger partial charge in [-0.3, -0.25) is 9.69 Å². The quantitative estimate of drug-likeness (QED) is 0.740. The Hall–Kier alpha value is -2.22. The number of amides is 1. The number of benzene rings is 1. The van der Waals surface area contributed by atoms with Crippen LogP contribution < -0.4 is 10.6 Å². The van der Waals surface area contributed by atoms with Crippen LogP contribution in [0.25, 0.3) is 0 Å². The Labute approximate surface area is 160 Å². The van der Waals surface area contributed by atoms with Crippen molar-refractivity contribution in [3.05, 3.63) is 47.2 Å². The second-order valence-corrected chi connectivity index (χ2v) is 6.81. The maximum Gasteiger partial charge on any atom is 0.242 e. The molecule has 1 atom stereocenters. The van der Waals surface area contributed by atoms with Crippen LogP contribution in [-0.2, 0) is 22.6 Å². The lowest BCUT2D eigenvalue weighted by molar-refractivity contribution is -0.118. The second-order valence-electron chi connectivity index (χ2n) is 6.81. The molecule has 0 spiro atoms. The molecule has 2 heterocycles. The van der Waals surface area contributed by atoms with Gasteiger partial charge in [0.05, 0.1) is 19.3 Å². The highest BCUT2D eigenvalue weighted by Crippen LogP contribution is 2.14. The van der Waals surface area contributed by atoms with Crippen molar-refractivity contribution in [2.75, 3.05) is 31.6 Å². The van der Waals surface area contributed by atoms with Gasteiger partial charge in [-0.05, 0) is 24.5 Å². The smallest absolute Gasteiger partial charge is 0.242 e. The molecule has 1 unspecified atom stereocenters. The third-order valence-electron chi connectivity index (χ3n) is 4.76. The van der Waals surface area contributed by atoms with Crippen molar-refractivity contribution in [3.8, 4) is 0 Å². The van der Waals surface area contributed by atoms with E-state index in [2.05, 4.69) is 38.9 Å². The summed E-state index contributed by atoms with van der Waals surface area (Å²) in [4.78, 5) is 14.9. The number of carbonyl (C=O) groups excluding carboxylic acids is 1. The summed E-state index contributed by atoms with van der Waals surface area (Å²) >= 11 is 0. The first-order chi connectivity index (χ1) is 13.2. The van der Waals surface area contributed by atoms with E-state index in [0.29, 0.717) is 24.5 Å². The summed E-state index contributed by atoms with van der Waals surface area (Å²) in [7, 11) is 0. The fraction of sp³-hybridized carbons (Fsp3) is 0.500. The molecule has 0 radical (unpaired) electrons. The molecule has 1 aromatic carbocycles. The average Bonchev–Trinajstić information content (AvgIpc) is 3.09. The van der Waals surface area contributed by atoms with Gasteiger partial charge < -0.3 is 19.9 Å². The lowest BCUT2D eigenvalue weighted by atomic mass is 10.1. The predicted molar refractivity (Wildman–Crippen MR) is 103 cm³/mol. The molecule has 7 heteroatoms. The number of aryl methyl sites for hydroxylation is 1. The average molecular weight is 372 g/mol. The van der Waals surface area contributed by atoms with Crippen LogP contribution in [0.3, 0.4) is 0 Å². The fourth-order valence-corrected chi connectivity index (χ4v) is 3.18. The molecule has 1 saturated heterocycles. The molecular weight excluding hydrogens is 344 g/mol. The summed E-state index contributed by atoms with van der Waals surface area (Å²) in [6.07, 6.45) is 0.689. The topological polar surface area (TPSA) is 79.6 Å². The van der Waals surface area contributed by atoms with Crippen molar-refractivity contribution in [2.45, 2.75) is 39.4 Å². The molecule has 146 valence electrons. The van der Waals surface area contributed by atoms with E-state index in [-0.39, 0.29) is 11.9 Å². The minimum atomic E-state index is -0.293. The summed E-state index contributed by atoms with van der Waals surface area (Å²) in [5.41, 5.74) is 2.50. The molecule has 0 bridgehead atoms. The normalized spacial score (nSPS) is 16.2. The Bertz CT molecular complexity index is 740. The molecule has 1 aliphatic heterocycles. The molecule has 2 N–H and O–H groups in total. The maximum absolute atomic E-state index is 12.5. The number of hydrogen-bond acceptors (Lipinski definition) is 6. The maximum atomic E-state index is 12.5. The monoisotopic (exact) mass is 372 g/mol. The first-order valence-electron chi connectivity index (χ1n) is 9.50. The lowest BCUT2D eigenvalue weighted by Crippen LogP contribution is -2.40. The van der Waals surface area contributed by atoms with Crippen molar-refractivity contribution in [1.82, 2.24) is 15.4 Å². The van der Waals surface area contributed by atoms with Crippen LogP contribution in [0.2, 0.25) is 0 Å². The minimum absolute atomic E-state index is 0.100. The third-order valence-corrected chi connectivity index (χ3v) is 4.76. The van der Waals surface area contributed by atoms with Gasteiger partial charge in [0, 0.05) is 32.2 Å². The summed E-state index contributed by atoms with van der Waals surface area (Å²) in [5.74, 6) is 1.02.